The van der Waals surface area contributed by atoms with Gasteiger partial charge in [-0.05, 0) is 6.07 Å². The van der Waals surface area contributed by atoms with Crippen LogP contribution in [0.2, 0.25) is 0 Å². The molecule has 0 aliphatic heterocycles. The van der Waals surface area contributed by atoms with Crippen LogP contribution in [0.1, 0.15) is 0 Å². The van der Waals surface area contributed by atoms with Gasteiger partial charge in [0.15, 0.2) is 5.69 Å². The molecule has 0 aliphatic carbocycles. The number of para-hydroxylation sites is 1. The van der Waals surface area contributed by atoms with Gasteiger partial charge < -0.3 is 10.1 Å². The normalized spacial score (nSPS) is 9.38. The van der Waals surface area contributed by atoms with Crippen molar-refractivity contribution in [2.75, 3.05) is 19.5 Å². The molecule has 0 bridgehead atoms. The molecule has 0 spiro atoms. The first-order valence-electron chi connectivity index (χ1n) is 3.70. The third-order valence-electron chi connectivity index (χ3n) is 1.67. The van der Waals surface area contributed by atoms with E-state index in [0.717, 1.165) is 0 Å². The Hall–Kier alpha value is -1.78. The minimum atomic E-state index is -0.450. The van der Waals surface area contributed by atoms with E-state index in [0.29, 0.717) is 11.4 Å². The van der Waals surface area contributed by atoms with Crippen LogP contribution in [0.25, 0.3) is 0 Å². The predicted octanol–water partition coefficient (Wildman–Crippen LogP) is 1.65. The van der Waals surface area contributed by atoms with Gasteiger partial charge in [-0.1, -0.05) is 6.07 Å². The number of rotatable bonds is 3. The summed E-state index contributed by atoms with van der Waals surface area (Å²) in [5.41, 5.74) is 0.414. The highest BCUT2D eigenvalue weighted by molar-refractivity contribution is 5.69. The maximum absolute atomic E-state index is 10.6. The third-order valence-corrected chi connectivity index (χ3v) is 1.67. The highest BCUT2D eigenvalue weighted by Crippen LogP contribution is 2.33. The minimum absolute atomic E-state index is 0.0156. The highest BCUT2D eigenvalue weighted by Gasteiger charge is 2.15. The Morgan fingerprint density at radius 2 is 2.23 bits per heavy atom. The molecule has 0 aromatic heterocycles. The molecule has 1 rings (SSSR count). The number of nitrogens with zero attached hydrogens (tertiary/aromatic N) is 1. The average Bonchev–Trinajstić information content (AvgIpc) is 2.16. The van der Waals surface area contributed by atoms with Crippen molar-refractivity contribution in [3.63, 3.8) is 0 Å². The summed E-state index contributed by atoms with van der Waals surface area (Å²) in [6.07, 6.45) is 0. The van der Waals surface area contributed by atoms with Crippen molar-refractivity contribution in [3.05, 3.63) is 28.3 Å². The van der Waals surface area contributed by atoms with Crippen LogP contribution in [0.5, 0.6) is 5.75 Å². The van der Waals surface area contributed by atoms with Crippen molar-refractivity contribution in [1.29, 1.82) is 0 Å². The number of hydrogen-bond donors (Lipinski definition) is 1. The van der Waals surface area contributed by atoms with E-state index in [4.69, 9.17) is 4.74 Å². The summed E-state index contributed by atoms with van der Waals surface area (Å²) in [5, 5.41) is 13.3. The maximum Gasteiger partial charge on any atom is 0.296 e. The van der Waals surface area contributed by atoms with Crippen molar-refractivity contribution in [1.82, 2.24) is 0 Å². The number of methoxy groups -OCH3 is 1. The summed E-state index contributed by atoms with van der Waals surface area (Å²) in [7, 11) is 3.09. The Labute approximate surface area is 75.5 Å². The lowest BCUT2D eigenvalue weighted by molar-refractivity contribution is -0.384. The summed E-state index contributed by atoms with van der Waals surface area (Å²) < 4.78 is 4.96. The molecule has 5 heteroatoms. The fourth-order valence-corrected chi connectivity index (χ4v) is 1.09. The van der Waals surface area contributed by atoms with Gasteiger partial charge >= 0.3 is 0 Å². The van der Waals surface area contributed by atoms with Crippen molar-refractivity contribution in [2.24, 2.45) is 0 Å². The number of ether oxygens (including phenoxy) is 1. The quantitative estimate of drug-likeness (QED) is 0.570. The number of benzene rings is 1. The van der Waals surface area contributed by atoms with Crippen LogP contribution in [0.3, 0.4) is 0 Å². The standard InChI is InChI=1S/C8H10N2O3/c1-9-8-6(10(11)12)4-3-5-7(8)13-2/h3-5,9H,1-2H3. The lowest BCUT2D eigenvalue weighted by Gasteiger charge is -2.07. The fraction of sp³-hybridized carbons (Fsp3) is 0.250. The summed E-state index contributed by atoms with van der Waals surface area (Å²) in [6, 6.07) is 4.67. The Morgan fingerprint density at radius 1 is 1.54 bits per heavy atom. The van der Waals surface area contributed by atoms with Crippen LogP contribution < -0.4 is 10.1 Å². The molecule has 1 N–H and O–H groups in total. The first-order valence-corrected chi connectivity index (χ1v) is 3.70. The van der Waals surface area contributed by atoms with E-state index >= 15 is 0 Å². The SMILES string of the molecule is CNc1c(OC)cccc1[N+](=O)[O-]. The second-order valence-corrected chi connectivity index (χ2v) is 2.36. The van der Waals surface area contributed by atoms with Crippen molar-refractivity contribution in [2.45, 2.75) is 0 Å². The van der Waals surface area contributed by atoms with Gasteiger partial charge in [0.25, 0.3) is 5.69 Å². The van der Waals surface area contributed by atoms with Gasteiger partial charge in [-0.2, -0.15) is 0 Å². The lowest BCUT2D eigenvalue weighted by atomic mass is 10.2. The Kier molecular flexibility index (Phi) is 2.69. The molecule has 1 aromatic carbocycles. The molecular weight excluding hydrogens is 172 g/mol. The monoisotopic (exact) mass is 182 g/mol. The van der Waals surface area contributed by atoms with Gasteiger partial charge in [0.05, 0.1) is 12.0 Å². The molecule has 0 unspecified atom stereocenters. The predicted molar refractivity (Wildman–Crippen MR) is 49.2 cm³/mol. The summed E-state index contributed by atoms with van der Waals surface area (Å²) >= 11 is 0. The molecule has 0 amide bonds. The second kappa shape index (κ2) is 3.75. The van der Waals surface area contributed by atoms with Gasteiger partial charge in [0, 0.05) is 13.1 Å². The lowest BCUT2D eigenvalue weighted by Crippen LogP contribution is -1.98. The van der Waals surface area contributed by atoms with Crippen LogP contribution >= 0.6 is 0 Å². The zero-order chi connectivity index (χ0) is 9.84. The average molecular weight is 182 g/mol. The Bertz CT molecular complexity index is 325. The molecule has 0 heterocycles. The minimum Gasteiger partial charge on any atom is -0.494 e. The number of hydrogen-bond acceptors (Lipinski definition) is 4. The molecule has 0 saturated carbocycles. The molecule has 5 nitrogen and oxygen atoms in total. The molecular formula is C8H10N2O3. The third kappa shape index (κ3) is 1.69. The van der Waals surface area contributed by atoms with Crippen LogP contribution in [0, 0.1) is 10.1 Å². The van der Waals surface area contributed by atoms with Gasteiger partial charge in [-0.15, -0.1) is 0 Å². The van der Waals surface area contributed by atoms with E-state index in [1.54, 1.807) is 19.2 Å². The van der Waals surface area contributed by atoms with Gasteiger partial charge in [0.1, 0.15) is 5.75 Å². The van der Waals surface area contributed by atoms with Gasteiger partial charge in [-0.25, -0.2) is 0 Å². The smallest absolute Gasteiger partial charge is 0.296 e. The Balaban J connectivity index is 3.27. The molecule has 0 aliphatic rings. The molecule has 1 aromatic rings. The zero-order valence-electron chi connectivity index (χ0n) is 7.40. The summed E-state index contributed by atoms with van der Waals surface area (Å²) in [6.45, 7) is 0. The van der Waals surface area contributed by atoms with Crippen LogP contribution in [-0.4, -0.2) is 19.1 Å². The van der Waals surface area contributed by atoms with Crippen LogP contribution in [0.4, 0.5) is 11.4 Å². The number of nitro groups is 1. The number of nitrogens with one attached hydrogen (secondary N) is 1. The number of anilines is 1. The highest BCUT2D eigenvalue weighted by atomic mass is 16.6. The molecule has 0 radical (unpaired) electrons. The van der Waals surface area contributed by atoms with Gasteiger partial charge in [0.2, 0.25) is 0 Å². The van der Waals surface area contributed by atoms with Crippen molar-refractivity contribution < 1.29 is 9.66 Å². The summed E-state index contributed by atoms with van der Waals surface area (Å²) in [4.78, 5) is 10.1. The van der Waals surface area contributed by atoms with E-state index in [-0.39, 0.29) is 5.69 Å². The van der Waals surface area contributed by atoms with Crippen LogP contribution in [-0.2, 0) is 0 Å². The first-order chi connectivity index (χ1) is 6.20. The molecule has 0 saturated heterocycles. The van der Waals surface area contributed by atoms with E-state index in [9.17, 15) is 10.1 Å². The molecule has 0 atom stereocenters. The topological polar surface area (TPSA) is 64.4 Å². The first kappa shape index (κ1) is 9.31. The molecule has 13 heavy (non-hydrogen) atoms. The Morgan fingerprint density at radius 3 is 2.69 bits per heavy atom. The number of nitro benzene ring substituents is 1. The van der Waals surface area contributed by atoms with Crippen molar-refractivity contribution in [3.8, 4) is 5.75 Å². The van der Waals surface area contributed by atoms with E-state index < -0.39 is 4.92 Å². The maximum atomic E-state index is 10.6. The molecule has 0 fully saturated rings. The van der Waals surface area contributed by atoms with Crippen molar-refractivity contribution >= 4 is 11.4 Å². The van der Waals surface area contributed by atoms with Gasteiger partial charge in [-0.3, -0.25) is 10.1 Å². The molecule has 70 valence electrons. The van der Waals surface area contributed by atoms with E-state index in [1.165, 1.54) is 13.2 Å². The largest absolute Gasteiger partial charge is 0.494 e. The second-order valence-electron chi connectivity index (χ2n) is 2.36. The van der Waals surface area contributed by atoms with E-state index in [1.807, 2.05) is 0 Å². The fourth-order valence-electron chi connectivity index (χ4n) is 1.09. The van der Waals surface area contributed by atoms with E-state index in [2.05, 4.69) is 5.32 Å². The van der Waals surface area contributed by atoms with Crippen LogP contribution in [0.15, 0.2) is 18.2 Å². The summed E-state index contributed by atoms with van der Waals surface area (Å²) in [5.74, 6) is 0.469. The zero-order valence-corrected chi connectivity index (χ0v) is 7.40.